The molecule has 0 atom stereocenters. The van der Waals surface area contributed by atoms with Crippen LogP contribution in [0.4, 0.5) is 11.4 Å². The Bertz CT molecular complexity index is 962. The minimum absolute atomic E-state index is 0.108. The van der Waals surface area contributed by atoms with Crippen LogP contribution in [0.25, 0.3) is 11.0 Å². The quantitative estimate of drug-likeness (QED) is 0.683. The summed E-state index contributed by atoms with van der Waals surface area (Å²) in [7, 11) is -3.71. The van der Waals surface area contributed by atoms with Gasteiger partial charge in [0.25, 0.3) is 10.0 Å². The van der Waals surface area contributed by atoms with E-state index in [4.69, 9.17) is 0 Å². The fourth-order valence-electron chi connectivity index (χ4n) is 2.13. The summed E-state index contributed by atoms with van der Waals surface area (Å²) in [4.78, 5) is 18.1. The first-order valence-corrected chi connectivity index (χ1v) is 8.26. The minimum atomic E-state index is -3.71. The molecule has 7 nitrogen and oxygen atoms in total. The van der Waals surface area contributed by atoms with Crippen molar-refractivity contribution in [1.82, 2.24) is 9.97 Å². The lowest BCUT2D eigenvalue weighted by Gasteiger charge is -2.09. The van der Waals surface area contributed by atoms with Crippen LogP contribution in [-0.4, -0.2) is 24.3 Å². The van der Waals surface area contributed by atoms with E-state index in [-0.39, 0.29) is 10.8 Å². The zero-order valence-corrected chi connectivity index (χ0v) is 13.0. The van der Waals surface area contributed by atoms with Gasteiger partial charge >= 0.3 is 0 Å². The number of rotatable bonds is 4. The number of nitrogens with one attached hydrogen (secondary N) is 3. The molecule has 0 aliphatic rings. The van der Waals surface area contributed by atoms with Crippen molar-refractivity contribution in [3.8, 4) is 0 Å². The lowest BCUT2D eigenvalue weighted by molar-refractivity contribution is -0.114. The zero-order chi connectivity index (χ0) is 16.4. The summed E-state index contributed by atoms with van der Waals surface area (Å²) in [6.45, 7) is 1.39. The van der Waals surface area contributed by atoms with Crippen molar-refractivity contribution < 1.29 is 13.2 Å². The maximum absolute atomic E-state index is 12.4. The largest absolute Gasteiger partial charge is 0.345 e. The molecule has 0 radical (unpaired) electrons. The third-order valence-electron chi connectivity index (χ3n) is 3.16. The van der Waals surface area contributed by atoms with Gasteiger partial charge in [0, 0.05) is 12.6 Å². The first-order valence-electron chi connectivity index (χ1n) is 6.78. The minimum Gasteiger partial charge on any atom is -0.345 e. The summed E-state index contributed by atoms with van der Waals surface area (Å²) >= 11 is 0. The summed E-state index contributed by atoms with van der Waals surface area (Å²) in [5, 5.41) is 2.59. The Labute approximate surface area is 132 Å². The van der Waals surface area contributed by atoms with Gasteiger partial charge in [-0.1, -0.05) is 0 Å². The molecule has 0 aliphatic carbocycles. The smallest absolute Gasteiger partial charge is 0.261 e. The van der Waals surface area contributed by atoms with E-state index in [0.29, 0.717) is 11.4 Å². The molecule has 0 bridgehead atoms. The number of aromatic nitrogens is 2. The highest BCUT2D eigenvalue weighted by Crippen LogP contribution is 2.20. The maximum atomic E-state index is 12.4. The average molecular weight is 330 g/mol. The Morgan fingerprint density at radius 2 is 1.78 bits per heavy atom. The molecule has 23 heavy (non-hydrogen) atoms. The van der Waals surface area contributed by atoms with Crippen molar-refractivity contribution in [3.63, 3.8) is 0 Å². The second-order valence-corrected chi connectivity index (χ2v) is 6.63. The number of sulfonamides is 1. The molecule has 0 spiro atoms. The van der Waals surface area contributed by atoms with Gasteiger partial charge in [0.1, 0.15) is 0 Å². The number of carbonyl (C=O) groups excluding carboxylic acids is 1. The molecule has 0 saturated heterocycles. The lowest BCUT2D eigenvalue weighted by atomic mass is 10.3. The average Bonchev–Trinajstić information content (AvgIpc) is 2.94. The molecular formula is C15H14N4O3S. The fourth-order valence-corrected chi connectivity index (χ4v) is 3.18. The molecule has 2 aromatic carbocycles. The summed E-state index contributed by atoms with van der Waals surface area (Å²) in [5.74, 6) is -0.216. The van der Waals surface area contributed by atoms with E-state index in [9.17, 15) is 13.2 Å². The first-order chi connectivity index (χ1) is 10.9. The topological polar surface area (TPSA) is 104 Å². The molecule has 3 rings (SSSR count). The van der Waals surface area contributed by atoms with Crippen molar-refractivity contribution in [2.75, 3.05) is 10.0 Å². The fraction of sp³-hybridized carbons (Fsp3) is 0.0667. The van der Waals surface area contributed by atoms with E-state index < -0.39 is 10.0 Å². The van der Waals surface area contributed by atoms with Crippen LogP contribution in [0.5, 0.6) is 0 Å². The third-order valence-corrected chi connectivity index (χ3v) is 4.55. The summed E-state index contributed by atoms with van der Waals surface area (Å²) < 4.78 is 27.3. The van der Waals surface area contributed by atoms with Gasteiger partial charge < -0.3 is 10.3 Å². The normalized spacial score (nSPS) is 11.3. The molecule has 1 amide bonds. The van der Waals surface area contributed by atoms with Gasteiger partial charge in [-0.2, -0.15) is 0 Å². The second kappa shape index (κ2) is 5.73. The van der Waals surface area contributed by atoms with Gasteiger partial charge in [-0.25, -0.2) is 13.4 Å². The van der Waals surface area contributed by atoms with E-state index in [1.165, 1.54) is 31.2 Å². The summed E-state index contributed by atoms with van der Waals surface area (Å²) in [6.07, 6.45) is 1.55. The van der Waals surface area contributed by atoms with Crippen molar-refractivity contribution >= 4 is 38.3 Å². The van der Waals surface area contributed by atoms with Gasteiger partial charge in [0.2, 0.25) is 5.91 Å². The van der Waals surface area contributed by atoms with Crippen molar-refractivity contribution in [2.24, 2.45) is 0 Å². The van der Waals surface area contributed by atoms with Crippen LogP contribution in [0.1, 0.15) is 6.92 Å². The number of imidazole rings is 1. The molecule has 0 fully saturated rings. The molecule has 1 heterocycles. The predicted molar refractivity (Wildman–Crippen MR) is 87.6 cm³/mol. The van der Waals surface area contributed by atoms with Crippen LogP contribution in [0.2, 0.25) is 0 Å². The lowest BCUT2D eigenvalue weighted by Crippen LogP contribution is -2.13. The molecule has 3 aromatic rings. The van der Waals surface area contributed by atoms with Crippen LogP contribution in [0.15, 0.2) is 53.7 Å². The number of hydrogen-bond donors (Lipinski definition) is 3. The van der Waals surface area contributed by atoms with Crippen molar-refractivity contribution in [3.05, 3.63) is 48.8 Å². The molecule has 1 aromatic heterocycles. The van der Waals surface area contributed by atoms with Gasteiger partial charge in [-0.05, 0) is 42.5 Å². The van der Waals surface area contributed by atoms with Crippen molar-refractivity contribution in [1.29, 1.82) is 0 Å². The number of H-pyrrole nitrogens is 1. The van der Waals surface area contributed by atoms with E-state index in [2.05, 4.69) is 20.0 Å². The molecule has 0 unspecified atom stereocenters. The van der Waals surface area contributed by atoms with Gasteiger partial charge in [0.15, 0.2) is 0 Å². The number of fused-ring (bicyclic) bond motifs is 1. The number of anilines is 2. The van der Waals surface area contributed by atoms with E-state index in [1.807, 2.05) is 0 Å². The van der Waals surface area contributed by atoms with Gasteiger partial charge in [-0.3, -0.25) is 9.52 Å². The number of benzene rings is 2. The predicted octanol–water partition coefficient (Wildman–Crippen LogP) is 2.32. The molecular weight excluding hydrogens is 316 g/mol. The third kappa shape index (κ3) is 3.32. The summed E-state index contributed by atoms with van der Waals surface area (Å²) in [6, 6.07) is 11.0. The van der Waals surface area contributed by atoms with Crippen LogP contribution >= 0.6 is 0 Å². The summed E-state index contributed by atoms with van der Waals surface area (Å²) in [5.41, 5.74) is 2.47. The highest BCUT2D eigenvalue weighted by Gasteiger charge is 2.14. The van der Waals surface area contributed by atoms with Crippen LogP contribution in [-0.2, 0) is 14.8 Å². The van der Waals surface area contributed by atoms with Crippen LogP contribution in [0.3, 0.4) is 0 Å². The van der Waals surface area contributed by atoms with Gasteiger partial charge in [0.05, 0.1) is 27.9 Å². The Morgan fingerprint density at radius 3 is 2.48 bits per heavy atom. The highest BCUT2D eigenvalue weighted by atomic mass is 32.2. The molecule has 0 aliphatic heterocycles. The Kier molecular flexibility index (Phi) is 3.75. The highest BCUT2D eigenvalue weighted by molar-refractivity contribution is 7.92. The maximum Gasteiger partial charge on any atom is 0.261 e. The van der Waals surface area contributed by atoms with E-state index in [1.54, 1.807) is 24.5 Å². The number of carbonyl (C=O) groups is 1. The SMILES string of the molecule is CC(=O)Nc1ccc(S(=O)(=O)Nc2ccc3nc[nH]c3c2)cc1. The molecule has 8 heteroatoms. The Hall–Kier alpha value is -2.87. The Balaban J connectivity index is 1.84. The number of amides is 1. The number of hydrogen-bond acceptors (Lipinski definition) is 4. The second-order valence-electron chi connectivity index (χ2n) is 4.95. The number of nitrogens with zero attached hydrogens (tertiary/aromatic N) is 1. The Morgan fingerprint density at radius 1 is 1.09 bits per heavy atom. The standard InChI is InChI=1S/C15H14N4O3S/c1-10(20)18-11-2-5-13(6-3-11)23(21,22)19-12-4-7-14-15(8-12)17-9-16-14/h2-9,19H,1H3,(H,16,17)(H,18,20). The molecule has 3 N–H and O–H groups in total. The first kappa shape index (κ1) is 15.0. The van der Waals surface area contributed by atoms with Crippen LogP contribution < -0.4 is 10.0 Å². The monoisotopic (exact) mass is 330 g/mol. The number of aromatic amines is 1. The van der Waals surface area contributed by atoms with Gasteiger partial charge in [-0.15, -0.1) is 0 Å². The van der Waals surface area contributed by atoms with E-state index >= 15 is 0 Å². The van der Waals surface area contributed by atoms with E-state index in [0.717, 1.165) is 11.0 Å². The molecule has 0 saturated carbocycles. The van der Waals surface area contributed by atoms with Crippen molar-refractivity contribution in [2.45, 2.75) is 11.8 Å². The zero-order valence-electron chi connectivity index (χ0n) is 12.2. The van der Waals surface area contributed by atoms with Crippen LogP contribution in [0, 0.1) is 0 Å². The molecule has 118 valence electrons.